The number of nitrogens with one attached hydrogen (secondary N) is 1. The first kappa shape index (κ1) is 11.8. The molecule has 1 unspecified atom stereocenters. The lowest BCUT2D eigenvalue weighted by atomic mass is 9.98. The van der Waals surface area contributed by atoms with Crippen molar-refractivity contribution in [2.24, 2.45) is 0 Å². The summed E-state index contributed by atoms with van der Waals surface area (Å²) in [6.07, 6.45) is 0. The molecule has 0 bridgehead atoms. The minimum Gasteiger partial charge on any atom is -0.468 e. The van der Waals surface area contributed by atoms with Crippen LogP contribution in [0.2, 0.25) is 0 Å². The molecule has 17 heavy (non-hydrogen) atoms. The van der Waals surface area contributed by atoms with Crippen molar-refractivity contribution in [1.82, 2.24) is 5.23 Å². The van der Waals surface area contributed by atoms with Gasteiger partial charge in [0.05, 0.1) is 13.2 Å². The molecule has 0 aliphatic heterocycles. The molecule has 2 rings (SSSR count). The average molecular weight is 229 g/mol. The first-order valence-corrected chi connectivity index (χ1v) is 5.62. The molecule has 1 heterocycles. The number of ether oxygens (including phenoxy) is 1. The topological polar surface area (TPSA) is 34.4 Å². The Balaban J connectivity index is 2.36. The first-order valence-electron chi connectivity index (χ1n) is 5.62. The van der Waals surface area contributed by atoms with Gasteiger partial charge in [-0.25, -0.2) is 0 Å². The standard InChI is InChI=1S/C13H16BNO2/c1-9-5-3-4-6-10(9)13(15-14)11-7-8-12(16-2)17-11/h3-8,13,15H,14H2,1-2H3. The van der Waals surface area contributed by atoms with Crippen molar-refractivity contribution < 1.29 is 9.15 Å². The van der Waals surface area contributed by atoms with Crippen LogP contribution in [0.25, 0.3) is 0 Å². The lowest BCUT2D eigenvalue weighted by Gasteiger charge is -2.16. The summed E-state index contributed by atoms with van der Waals surface area (Å²) in [6, 6.07) is 12.1. The second kappa shape index (κ2) is 5.10. The van der Waals surface area contributed by atoms with Crippen molar-refractivity contribution in [2.45, 2.75) is 13.0 Å². The van der Waals surface area contributed by atoms with Gasteiger partial charge in [0.15, 0.2) is 7.98 Å². The highest BCUT2D eigenvalue weighted by Crippen LogP contribution is 2.28. The Hall–Kier alpha value is -1.68. The molecule has 0 saturated heterocycles. The van der Waals surface area contributed by atoms with Gasteiger partial charge in [-0.1, -0.05) is 24.3 Å². The van der Waals surface area contributed by atoms with E-state index in [1.54, 1.807) is 7.11 Å². The molecule has 88 valence electrons. The van der Waals surface area contributed by atoms with Crippen LogP contribution in [0.5, 0.6) is 5.95 Å². The summed E-state index contributed by atoms with van der Waals surface area (Å²) in [4.78, 5) is 0. The number of rotatable bonds is 4. The molecule has 0 spiro atoms. The summed E-state index contributed by atoms with van der Waals surface area (Å²) in [7, 11) is 3.52. The number of aryl methyl sites for hydroxylation is 1. The van der Waals surface area contributed by atoms with Gasteiger partial charge in [-0.3, -0.25) is 0 Å². The smallest absolute Gasteiger partial charge is 0.284 e. The predicted octanol–water partition coefficient (Wildman–Crippen LogP) is 1.82. The van der Waals surface area contributed by atoms with Gasteiger partial charge in [-0.2, -0.15) is 0 Å². The third-order valence-electron chi connectivity index (χ3n) is 2.88. The summed E-state index contributed by atoms with van der Waals surface area (Å²) in [6.45, 7) is 2.10. The fourth-order valence-electron chi connectivity index (χ4n) is 1.96. The lowest BCUT2D eigenvalue weighted by Crippen LogP contribution is -2.19. The zero-order valence-corrected chi connectivity index (χ0v) is 10.4. The second-order valence-electron chi connectivity index (χ2n) is 3.94. The summed E-state index contributed by atoms with van der Waals surface area (Å²) >= 11 is 0. The monoisotopic (exact) mass is 229 g/mol. The molecule has 1 N–H and O–H groups in total. The molecule has 0 fully saturated rings. The van der Waals surface area contributed by atoms with Crippen molar-refractivity contribution in [3.05, 3.63) is 53.3 Å². The molecule has 1 aromatic heterocycles. The SMILES string of the molecule is BNC(c1ccc(OC)o1)c1ccccc1C. The van der Waals surface area contributed by atoms with E-state index in [1.165, 1.54) is 11.1 Å². The molecular weight excluding hydrogens is 213 g/mol. The minimum atomic E-state index is 0.0556. The van der Waals surface area contributed by atoms with Crippen molar-refractivity contribution in [3.8, 4) is 5.95 Å². The zero-order chi connectivity index (χ0) is 12.3. The van der Waals surface area contributed by atoms with E-state index in [4.69, 9.17) is 9.15 Å². The Morgan fingerprint density at radius 1 is 1.24 bits per heavy atom. The van der Waals surface area contributed by atoms with E-state index in [2.05, 4.69) is 24.3 Å². The van der Waals surface area contributed by atoms with Crippen molar-refractivity contribution in [2.75, 3.05) is 7.11 Å². The molecule has 3 nitrogen and oxygen atoms in total. The van der Waals surface area contributed by atoms with Gasteiger partial charge in [-0.05, 0) is 24.1 Å². The van der Waals surface area contributed by atoms with Crippen molar-refractivity contribution >= 4 is 7.98 Å². The van der Waals surface area contributed by atoms with Crippen molar-refractivity contribution in [1.29, 1.82) is 0 Å². The molecule has 0 radical (unpaired) electrons. The Kier molecular flexibility index (Phi) is 3.54. The third-order valence-corrected chi connectivity index (χ3v) is 2.88. The number of furan rings is 1. The quantitative estimate of drug-likeness (QED) is 0.812. The maximum atomic E-state index is 5.61. The summed E-state index contributed by atoms with van der Waals surface area (Å²) in [5.41, 5.74) is 2.45. The lowest BCUT2D eigenvalue weighted by molar-refractivity contribution is 0.290. The van der Waals surface area contributed by atoms with Gasteiger partial charge in [0.25, 0.3) is 5.95 Å². The van der Waals surface area contributed by atoms with Crippen LogP contribution in [0.4, 0.5) is 0 Å². The fraction of sp³-hybridized carbons (Fsp3) is 0.231. The molecule has 0 saturated carbocycles. The Bertz CT molecular complexity index is 496. The molecule has 0 amide bonds. The molecule has 0 aliphatic carbocycles. The fourth-order valence-corrected chi connectivity index (χ4v) is 1.96. The highest BCUT2D eigenvalue weighted by atomic mass is 16.6. The number of hydrogen-bond donors (Lipinski definition) is 1. The molecule has 0 aliphatic rings. The van der Waals surface area contributed by atoms with Crippen LogP contribution in [-0.4, -0.2) is 15.1 Å². The van der Waals surface area contributed by atoms with Gasteiger partial charge in [0.2, 0.25) is 0 Å². The average Bonchev–Trinajstić information content (AvgIpc) is 2.81. The van der Waals surface area contributed by atoms with Crippen LogP contribution in [0, 0.1) is 6.92 Å². The van der Waals surface area contributed by atoms with Crippen LogP contribution in [0.3, 0.4) is 0 Å². The number of methoxy groups -OCH3 is 1. The highest BCUT2D eigenvalue weighted by molar-refractivity contribution is 6.04. The number of benzene rings is 1. The van der Waals surface area contributed by atoms with E-state index >= 15 is 0 Å². The van der Waals surface area contributed by atoms with Crippen LogP contribution in [0.15, 0.2) is 40.8 Å². The van der Waals surface area contributed by atoms with Crippen LogP contribution >= 0.6 is 0 Å². The maximum Gasteiger partial charge on any atom is 0.284 e. The van der Waals surface area contributed by atoms with Crippen LogP contribution in [-0.2, 0) is 0 Å². The van der Waals surface area contributed by atoms with E-state index in [9.17, 15) is 0 Å². The van der Waals surface area contributed by atoms with E-state index in [-0.39, 0.29) is 6.04 Å². The maximum absolute atomic E-state index is 5.61. The predicted molar refractivity (Wildman–Crippen MR) is 70.0 cm³/mol. The largest absolute Gasteiger partial charge is 0.468 e. The summed E-state index contributed by atoms with van der Waals surface area (Å²) in [5.74, 6) is 1.40. The van der Waals surface area contributed by atoms with Crippen molar-refractivity contribution in [3.63, 3.8) is 0 Å². The van der Waals surface area contributed by atoms with E-state index in [0.29, 0.717) is 5.95 Å². The zero-order valence-electron chi connectivity index (χ0n) is 10.4. The Morgan fingerprint density at radius 3 is 2.59 bits per heavy atom. The molecule has 1 aromatic carbocycles. The normalized spacial score (nSPS) is 12.4. The molecular formula is C13H16BNO2. The van der Waals surface area contributed by atoms with Gasteiger partial charge in [0, 0.05) is 6.07 Å². The van der Waals surface area contributed by atoms with Gasteiger partial charge in [-0.15, -0.1) is 0 Å². The first-order chi connectivity index (χ1) is 8.26. The van der Waals surface area contributed by atoms with Crippen LogP contribution in [0.1, 0.15) is 22.9 Å². The minimum absolute atomic E-state index is 0.0556. The molecule has 2 aromatic rings. The Morgan fingerprint density at radius 2 is 2.00 bits per heavy atom. The summed E-state index contributed by atoms with van der Waals surface area (Å²) < 4.78 is 10.7. The molecule has 1 atom stereocenters. The summed E-state index contributed by atoms with van der Waals surface area (Å²) in [5, 5.41) is 3.26. The van der Waals surface area contributed by atoms with Gasteiger partial charge in [0.1, 0.15) is 5.76 Å². The van der Waals surface area contributed by atoms with E-state index < -0.39 is 0 Å². The van der Waals surface area contributed by atoms with Gasteiger partial charge < -0.3 is 14.4 Å². The van der Waals surface area contributed by atoms with Gasteiger partial charge >= 0.3 is 0 Å². The third kappa shape index (κ3) is 2.37. The molecule has 4 heteroatoms. The number of hydrogen-bond acceptors (Lipinski definition) is 3. The second-order valence-corrected chi connectivity index (χ2v) is 3.94. The van der Waals surface area contributed by atoms with E-state index in [1.807, 2.05) is 32.2 Å². The van der Waals surface area contributed by atoms with E-state index in [0.717, 1.165) is 5.76 Å². The Labute approximate surface area is 102 Å². The highest BCUT2D eigenvalue weighted by Gasteiger charge is 2.17. The van der Waals surface area contributed by atoms with Crippen LogP contribution < -0.4 is 9.96 Å².